The number of para-hydroxylation sites is 1. The molecule has 2 aromatic carbocycles. The van der Waals surface area contributed by atoms with Gasteiger partial charge in [-0.05, 0) is 31.2 Å². The fourth-order valence-electron chi connectivity index (χ4n) is 2.40. The zero-order valence-electron chi connectivity index (χ0n) is 15.6. The Labute approximate surface area is 169 Å². The molecule has 28 heavy (non-hydrogen) atoms. The zero-order valence-corrected chi connectivity index (χ0v) is 16.4. The second-order valence-corrected chi connectivity index (χ2v) is 5.93. The number of hydrogen-bond acceptors (Lipinski definition) is 5. The van der Waals surface area contributed by atoms with Crippen LogP contribution >= 0.6 is 12.4 Å². The molecule has 0 spiro atoms. The van der Waals surface area contributed by atoms with Crippen molar-refractivity contribution in [3.05, 3.63) is 69.8 Å². The number of carbonyl (C=O) groups is 2. The van der Waals surface area contributed by atoms with E-state index in [2.05, 4.69) is 16.0 Å². The Morgan fingerprint density at radius 1 is 1.14 bits per heavy atom. The summed E-state index contributed by atoms with van der Waals surface area (Å²) in [4.78, 5) is 34.9. The van der Waals surface area contributed by atoms with Gasteiger partial charge >= 0.3 is 0 Å². The van der Waals surface area contributed by atoms with E-state index in [4.69, 9.17) is 0 Å². The number of rotatable bonds is 8. The molecule has 0 saturated carbocycles. The van der Waals surface area contributed by atoms with Crippen LogP contribution < -0.4 is 16.0 Å². The molecular formula is C19H23ClN4O4. The van der Waals surface area contributed by atoms with E-state index in [0.717, 1.165) is 12.1 Å². The Bertz CT molecular complexity index is 844. The van der Waals surface area contributed by atoms with Gasteiger partial charge in [-0.25, -0.2) is 0 Å². The molecule has 0 fully saturated rings. The third kappa shape index (κ3) is 6.33. The Morgan fingerprint density at radius 3 is 2.54 bits per heavy atom. The first-order valence-corrected chi connectivity index (χ1v) is 8.57. The minimum Gasteiger partial charge on any atom is -0.341 e. The molecule has 3 N–H and O–H groups in total. The largest absolute Gasteiger partial charge is 0.341 e. The Kier molecular flexibility index (Phi) is 9.07. The molecule has 9 heteroatoms. The molecule has 1 atom stereocenters. The van der Waals surface area contributed by atoms with Gasteiger partial charge in [-0.15, -0.1) is 12.4 Å². The first kappa shape index (κ1) is 23.1. The van der Waals surface area contributed by atoms with Crippen LogP contribution in [0.1, 0.15) is 29.8 Å². The van der Waals surface area contributed by atoms with E-state index in [1.807, 2.05) is 25.1 Å². The van der Waals surface area contributed by atoms with Crippen LogP contribution in [0, 0.1) is 10.1 Å². The van der Waals surface area contributed by atoms with Crippen molar-refractivity contribution in [1.29, 1.82) is 0 Å². The zero-order chi connectivity index (χ0) is 19.8. The van der Waals surface area contributed by atoms with Gasteiger partial charge in [0.2, 0.25) is 5.91 Å². The average Bonchev–Trinajstić information content (AvgIpc) is 2.67. The van der Waals surface area contributed by atoms with Crippen LogP contribution in [-0.4, -0.2) is 29.3 Å². The van der Waals surface area contributed by atoms with E-state index in [9.17, 15) is 19.7 Å². The molecule has 2 amide bonds. The summed E-state index contributed by atoms with van der Waals surface area (Å²) in [6.07, 6.45) is 0. The smallest absolute Gasteiger partial charge is 0.270 e. The maximum absolute atomic E-state index is 12.4. The molecule has 0 aliphatic heterocycles. The van der Waals surface area contributed by atoms with Crippen LogP contribution in [0.15, 0.2) is 48.5 Å². The van der Waals surface area contributed by atoms with Gasteiger partial charge in [-0.1, -0.05) is 31.2 Å². The van der Waals surface area contributed by atoms with Crippen LogP contribution in [0.4, 0.5) is 11.4 Å². The SMILES string of the molecule is CCNCc1ccccc1NC(=O)C(C)NC(=O)c1cccc([N+](=O)[O-])c1.Cl. The molecular weight excluding hydrogens is 384 g/mol. The van der Waals surface area contributed by atoms with Gasteiger partial charge in [-0.3, -0.25) is 19.7 Å². The molecule has 0 heterocycles. The number of anilines is 1. The molecule has 0 saturated heterocycles. The minimum atomic E-state index is -0.816. The lowest BCUT2D eigenvalue weighted by atomic mass is 10.1. The lowest BCUT2D eigenvalue weighted by Gasteiger charge is -2.16. The van der Waals surface area contributed by atoms with Crippen molar-refractivity contribution in [2.45, 2.75) is 26.4 Å². The normalized spacial score (nSPS) is 11.1. The van der Waals surface area contributed by atoms with Crippen molar-refractivity contribution < 1.29 is 14.5 Å². The first-order valence-electron chi connectivity index (χ1n) is 8.57. The second kappa shape index (κ2) is 11.0. The summed E-state index contributed by atoms with van der Waals surface area (Å²) in [6, 6.07) is 11.9. The van der Waals surface area contributed by atoms with Crippen molar-refractivity contribution >= 4 is 35.6 Å². The molecule has 2 aromatic rings. The maximum atomic E-state index is 12.4. The Balaban J connectivity index is 0.00000392. The van der Waals surface area contributed by atoms with Crippen molar-refractivity contribution in [1.82, 2.24) is 10.6 Å². The van der Waals surface area contributed by atoms with Crippen LogP contribution in [0.3, 0.4) is 0 Å². The number of nitrogens with one attached hydrogen (secondary N) is 3. The van der Waals surface area contributed by atoms with Crippen LogP contribution in [0.2, 0.25) is 0 Å². The number of carbonyl (C=O) groups excluding carboxylic acids is 2. The number of benzene rings is 2. The highest BCUT2D eigenvalue weighted by Crippen LogP contribution is 2.16. The van der Waals surface area contributed by atoms with Crippen LogP contribution in [0.25, 0.3) is 0 Å². The van der Waals surface area contributed by atoms with Gasteiger partial charge in [0.05, 0.1) is 4.92 Å². The van der Waals surface area contributed by atoms with Crippen molar-refractivity contribution in [2.75, 3.05) is 11.9 Å². The van der Waals surface area contributed by atoms with Gasteiger partial charge in [-0.2, -0.15) is 0 Å². The van der Waals surface area contributed by atoms with E-state index in [0.29, 0.717) is 12.2 Å². The third-order valence-electron chi connectivity index (χ3n) is 3.90. The quantitative estimate of drug-likeness (QED) is 0.460. The van der Waals surface area contributed by atoms with E-state index in [1.54, 1.807) is 13.0 Å². The van der Waals surface area contributed by atoms with Crippen molar-refractivity contribution in [3.63, 3.8) is 0 Å². The maximum Gasteiger partial charge on any atom is 0.270 e. The van der Waals surface area contributed by atoms with E-state index < -0.39 is 16.9 Å². The molecule has 1 unspecified atom stereocenters. The fraction of sp³-hybridized carbons (Fsp3) is 0.263. The van der Waals surface area contributed by atoms with Gasteiger partial charge in [0.1, 0.15) is 6.04 Å². The number of halogens is 1. The molecule has 0 aromatic heterocycles. The summed E-state index contributed by atoms with van der Waals surface area (Å²) >= 11 is 0. The number of nitro groups is 1. The number of hydrogen-bond donors (Lipinski definition) is 3. The average molecular weight is 407 g/mol. The van der Waals surface area contributed by atoms with Crippen LogP contribution in [0.5, 0.6) is 0 Å². The van der Waals surface area contributed by atoms with Gasteiger partial charge < -0.3 is 16.0 Å². The number of nitrogens with zero attached hydrogens (tertiary/aromatic N) is 1. The van der Waals surface area contributed by atoms with E-state index in [-0.39, 0.29) is 29.6 Å². The first-order chi connectivity index (χ1) is 12.9. The summed E-state index contributed by atoms with van der Waals surface area (Å²) < 4.78 is 0. The lowest BCUT2D eigenvalue weighted by molar-refractivity contribution is -0.384. The highest BCUT2D eigenvalue weighted by Gasteiger charge is 2.19. The standard InChI is InChI=1S/C19H22N4O4.ClH/c1-3-20-12-15-7-4-5-10-17(15)22-18(24)13(2)21-19(25)14-8-6-9-16(11-14)23(26)27;/h4-11,13,20H,3,12H2,1-2H3,(H,21,25)(H,22,24);1H. The molecule has 2 rings (SSSR count). The minimum absolute atomic E-state index is 0. The van der Waals surface area contributed by atoms with Crippen molar-refractivity contribution in [2.24, 2.45) is 0 Å². The van der Waals surface area contributed by atoms with Crippen LogP contribution in [-0.2, 0) is 11.3 Å². The summed E-state index contributed by atoms with van der Waals surface area (Å²) in [5.74, 6) is -0.931. The topological polar surface area (TPSA) is 113 Å². The fourth-order valence-corrected chi connectivity index (χ4v) is 2.40. The number of nitro benzene ring substituents is 1. The number of amides is 2. The molecule has 150 valence electrons. The molecule has 0 bridgehead atoms. The summed E-state index contributed by atoms with van der Waals surface area (Å²) in [5.41, 5.74) is 1.54. The highest BCUT2D eigenvalue weighted by molar-refractivity contribution is 6.01. The predicted molar refractivity (Wildman–Crippen MR) is 110 cm³/mol. The molecule has 0 radical (unpaired) electrons. The van der Waals surface area contributed by atoms with Gasteiger partial charge in [0.15, 0.2) is 0 Å². The molecule has 0 aliphatic carbocycles. The van der Waals surface area contributed by atoms with Gasteiger partial charge in [0.25, 0.3) is 11.6 Å². The lowest BCUT2D eigenvalue weighted by Crippen LogP contribution is -2.41. The predicted octanol–water partition coefficient (Wildman–Crippen LogP) is 2.88. The van der Waals surface area contributed by atoms with E-state index in [1.165, 1.54) is 24.3 Å². The van der Waals surface area contributed by atoms with Crippen molar-refractivity contribution in [3.8, 4) is 0 Å². The summed E-state index contributed by atoms with van der Waals surface area (Å²) in [5, 5.41) is 19.4. The molecule has 0 aliphatic rings. The number of non-ortho nitro benzene ring substituents is 1. The van der Waals surface area contributed by atoms with E-state index >= 15 is 0 Å². The summed E-state index contributed by atoms with van der Waals surface area (Å²) in [7, 11) is 0. The Hall–Kier alpha value is -2.97. The molecule has 8 nitrogen and oxygen atoms in total. The highest BCUT2D eigenvalue weighted by atomic mass is 35.5. The Morgan fingerprint density at radius 2 is 1.86 bits per heavy atom. The van der Waals surface area contributed by atoms with Gasteiger partial charge in [0, 0.05) is 29.9 Å². The second-order valence-electron chi connectivity index (χ2n) is 5.93. The monoisotopic (exact) mass is 406 g/mol. The summed E-state index contributed by atoms with van der Waals surface area (Å²) in [6.45, 7) is 4.96. The third-order valence-corrected chi connectivity index (χ3v) is 3.90.